The van der Waals surface area contributed by atoms with Gasteiger partial charge in [-0.3, -0.25) is 4.98 Å². The fraction of sp³-hybridized carbons (Fsp3) is 0.125. The molecule has 0 aliphatic carbocycles. The van der Waals surface area contributed by atoms with Gasteiger partial charge in [-0.2, -0.15) is 0 Å². The van der Waals surface area contributed by atoms with E-state index in [1.165, 1.54) is 0 Å². The lowest BCUT2D eigenvalue weighted by atomic mass is 10.5. The first-order chi connectivity index (χ1) is 4.93. The van der Waals surface area contributed by atoms with Crippen molar-refractivity contribution in [3.05, 3.63) is 36.9 Å². The second kappa shape index (κ2) is 3.67. The lowest BCUT2D eigenvalue weighted by Gasteiger charge is -1.95. The van der Waals surface area contributed by atoms with Gasteiger partial charge in [0.1, 0.15) is 5.75 Å². The Morgan fingerprint density at radius 1 is 1.60 bits per heavy atom. The molecule has 0 atom stereocenters. The van der Waals surface area contributed by atoms with Gasteiger partial charge in [-0.15, -0.1) is 0 Å². The Bertz CT molecular complexity index is 206. The van der Waals surface area contributed by atoms with E-state index < -0.39 is 0 Å². The summed E-state index contributed by atoms with van der Waals surface area (Å²) in [6, 6.07) is 3.69. The summed E-state index contributed by atoms with van der Waals surface area (Å²) < 4.78 is 5.11. The molecule has 0 saturated carbocycles. The normalized spacial score (nSPS) is 10.1. The van der Waals surface area contributed by atoms with Crippen molar-refractivity contribution in [3.8, 4) is 5.75 Å². The molecule has 0 bridgehead atoms. The van der Waals surface area contributed by atoms with Crippen LogP contribution in [0.5, 0.6) is 5.75 Å². The van der Waals surface area contributed by atoms with E-state index >= 15 is 0 Å². The second-order valence-electron chi connectivity index (χ2n) is 1.78. The highest BCUT2D eigenvalue weighted by Crippen LogP contribution is 2.05. The average Bonchev–Trinajstić information content (AvgIpc) is 2.03. The molecule has 2 heteroatoms. The van der Waals surface area contributed by atoms with Crippen molar-refractivity contribution in [3.63, 3.8) is 0 Å². The summed E-state index contributed by atoms with van der Waals surface area (Å²) in [7, 11) is 0. The fourth-order valence-electron chi connectivity index (χ4n) is 0.563. The molecule has 52 valence electrons. The van der Waals surface area contributed by atoms with Gasteiger partial charge in [-0.1, -0.05) is 6.08 Å². The van der Waals surface area contributed by atoms with Crippen LogP contribution in [-0.2, 0) is 0 Å². The van der Waals surface area contributed by atoms with Gasteiger partial charge in [0.15, 0.2) is 0 Å². The number of hydrogen-bond donors (Lipinski definition) is 0. The minimum atomic E-state index is 0.764. The molecular formula is C8H9NO. The van der Waals surface area contributed by atoms with Crippen molar-refractivity contribution in [1.82, 2.24) is 4.98 Å². The minimum Gasteiger partial charge on any atom is -0.464 e. The number of rotatable bonds is 2. The van der Waals surface area contributed by atoms with Gasteiger partial charge in [0.25, 0.3) is 0 Å². The maximum atomic E-state index is 5.11. The molecule has 0 aliphatic heterocycles. The Labute approximate surface area is 60.2 Å². The fourth-order valence-corrected chi connectivity index (χ4v) is 0.563. The molecular weight excluding hydrogens is 126 g/mol. The predicted octanol–water partition coefficient (Wildman–Crippen LogP) is 1.99. The molecule has 2 nitrogen and oxygen atoms in total. The van der Waals surface area contributed by atoms with Crippen LogP contribution >= 0.6 is 0 Å². The number of nitrogens with zero attached hydrogens (tertiary/aromatic N) is 1. The monoisotopic (exact) mass is 135 g/mol. The summed E-state index contributed by atoms with van der Waals surface area (Å²) in [5.74, 6) is 0.764. The summed E-state index contributed by atoms with van der Waals surface area (Å²) in [5, 5.41) is 0. The van der Waals surface area contributed by atoms with Gasteiger partial charge in [0, 0.05) is 6.20 Å². The summed E-state index contributed by atoms with van der Waals surface area (Å²) in [4.78, 5) is 3.88. The van der Waals surface area contributed by atoms with E-state index in [-0.39, 0.29) is 0 Å². The molecule has 0 radical (unpaired) electrons. The lowest BCUT2D eigenvalue weighted by molar-refractivity contribution is 0.478. The van der Waals surface area contributed by atoms with Crippen LogP contribution in [0.2, 0.25) is 0 Å². The molecule has 10 heavy (non-hydrogen) atoms. The molecule has 0 saturated heterocycles. The second-order valence-corrected chi connectivity index (χ2v) is 1.78. The number of pyridine rings is 1. The molecule has 0 amide bonds. The molecule has 0 unspecified atom stereocenters. The summed E-state index contributed by atoms with van der Waals surface area (Å²) >= 11 is 0. The smallest absolute Gasteiger partial charge is 0.144 e. The number of hydrogen-bond acceptors (Lipinski definition) is 2. The molecule has 0 aliphatic rings. The lowest BCUT2D eigenvalue weighted by Crippen LogP contribution is -1.80. The molecule has 0 fully saturated rings. The largest absolute Gasteiger partial charge is 0.464 e. The number of aromatic nitrogens is 1. The van der Waals surface area contributed by atoms with Crippen LogP contribution in [0.15, 0.2) is 36.9 Å². The van der Waals surface area contributed by atoms with Crippen molar-refractivity contribution in [1.29, 1.82) is 0 Å². The van der Waals surface area contributed by atoms with Crippen LogP contribution in [0.1, 0.15) is 6.92 Å². The Balaban J connectivity index is 2.59. The molecule has 0 aromatic carbocycles. The van der Waals surface area contributed by atoms with Crippen LogP contribution in [0, 0.1) is 0 Å². The van der Waals surface area contributed by atoms with E-state index in [0.29, 0.717) is 0 Å². The summed E-state index contributed by atoms with van der Waals surface area (Å²) in [6.07, 6.45) is 6.83. The van der Waals surface area contributed by atoms with Gasteiger partial charge < -0.3 is 4.74 Å². The highest BCUT2D eigenvalue weighted by molar-refractivity contribution is 5.16. The standard InChI is InChI=1S/C8H9NO/c1-2-6-10-8-4-3-5-9-7-8/h2-7H,1H3/b6-2-. The Morgan fingerprint density at radius 3 is 3.10 bits per heavy atom. The van der Waals surface area contributed by atoms with Gasteiger partial charge >= 0.3 is 0 Å². The third-order valence-electron chi connectivity index (χ3n) is 0.975. The molecule has 1 heterocycles. The SMILES string of the molecule is C/C=C\Oc1cccnc1. The first-order valence-corrected chi connectivity index (χ1v) is 3.11. The van der Waals surface area contributed by atoms with Crippen LogP contribution in [0.25, 0.3) is 0 Å². The molecule has 0 spiro atoms. The average molecular weight is 135 g/mol. The quantitative estimate of drug-likeness (QED) is 0.578. The van der Waals surface area contributed by atoms with Gasteiger partial charge in [-0.05, 0) is 19.1 Å². The zero-order valence-corrected chi connectivity index (χ0v) is 5.82. The molecule has 1 aromatic rings. The number of ether oxygens (including phenoxy) is 1. The first kappa shape index (κ1) is 6.81. The third-order valence-corrected chi connectivity index (χ3v) is 0.975. The van der Waals surface area contributed by atoms with Crippen molar-refractivity contribution in [2.45, 2.75) is 6.92 Å². The first-order valence-electron chi connectivity index (χ1n) is 3.11. The maximum absolute atomic E-state index is 5.11. The van der Waals surface area contributed by atoms with Crippen LogP contribution in [0.3, 0.4) is 0 Å². The zero-order chi connectivity index (χ0) is 7.23. The molecule has 1 aromatic heterocycles. The Morgan fingerprint density at radius 2 is 2.50 bits per heavy atom. The van der Waals surface area contributed by atoms with E-state index in [9.17, 15) is 0 Å². The Kier molecular flexibility index (Phi) is 2.49. The minimum absolute atomic E-state index is 0.764. The highest BCUT2D eigenvalue weighted by atomic mass is 16.5. The van der Waals surface area contributed by atoms with Gasteiger partial charge in [0.2, 0.25) is 0 Å². The summed E-state index contributed by atoms with van der Waals surface area (Å²) in [5.41, 5.74) is 0. The Hall–Kier alpha value is -1.31. The van der Waals surface area contributed by atoms with E-state index in [2.05, 4.69) is 4.98 Å². The number of allylic oxidation sites excluding steroid dienone is 1. The molecule has 0 N–H and O–H groups in total. The van der Waals surface area contributed by atoms with Crippen LogP contribution in [0.4, 0.5) is 0 Å². The molecule has 1 rings (SSSR count). The summed E-state index contributed by atoms with van der Waals surface area (Å²) in [6.45, 7) is 1.90. The van der Waals surface area contributed by atoms with Crippen molar-refractivity contribution in [2.24, 2.45) is 0 Å². The van der Waals surface area contributed by atoms with Gasteiger partial charge in [-0.25, -0.2) is 0 Å². The van der Waals surface area contributed by atoms with Crippen molar-refractivity contribution < 1.29 is 4.74 Å². The third kappa shape index (κ3) is 1.90. The highest BCUT2D eigenvalue weighted by Gasteiger charge is 1.84. The van der Waals surface area contributed by atoms with Crippen LogP contribution < -0.4 is 4.74 Å². The predicted molar refractivity (Wildman–Crippen MR) is 39.7 cm³/mol. The van der Waals surface area contributed by atoms with E-state index in [1.807, 2.05) is 25.1 Å². The van der Waals surface area contributed by atoms with Gasteiger partial charge in [0.05, 0.1) is 12.5 Å². The van der Waals surface area contributed by atoms with Crippen molar-refractivity contribution in [2.75, 3.05) is 0 Å². The van der Waals surface area contributed by atoms with E-state index in [1.54, 1.807) is 18.7 Å². The van der Waals surface area contributed by atoms with Crippen LogP contribution in [-0.4, -0.2) is 4.98 Å². The van der Waals surface area contributed by atoms with E-state index in [0.717, 1.165) is 5.75 Å². The zero-order valence-electron chi connectivity index (χ0n) is 5.82. The topological polar surface area (TPSA) is 22.1 Å². The van der Waals surface area contributed by atoms with Crippen molar-refractivity contribution >= 4 is 0 Å². The van der Waals surface area contributed by atoms with E-state index in [4.69, 9.17) is 4.74 Å². The maximum Gasteiger partial charge on any atom is 0.144 e.